The molecule has 0 spiro atoms. The number of rotatable bonds is 5. The van der Waals surface area contributed by atoms with Crippen molar-refractivity contribution in [3.63, 3.8) is 0 Å². The van der Waals surface area contributed by atoms with Gasteiger partial charge in [-0.1, -0.05) is 11.2 Å². The summed E-state index contributed by atoms with van der Waals surface area (Å²) in [4.78, 5) is 2.26. The molecule has 4 nitrogen and oxygen atoms in total. The molecule has 3 rings (SSSR count). The van der Waals surface area contributed by atoms with Crippen LogP contribution in [0.3, 0.4) is 0 Å². The number of nitrogens with zero attached hydrogens (tertiary/aromatic N) is 2. The van der Waals surface area contributed by atoms with E-state index in [-0.39, 0.29) is 6.04 Å². The van der Waals surface area contributed by atoms with E-state index in [9.17, 15) is 0 Å². The molecule has 0 amide bonds. The van der Waals surface area contributed by atoms with Crippen molar-refractivity contribution in [2.24, 2.45) is 0 Å². The number of hydrogen-bond acceptors (Lipinski definition) is 4. The molecule has 1 atom stereocenters. The molecule has 1 heterocycles. The number of fused-ring (bicyclic) bond motifs is 1. The number of aromatic nitrogens is 1. The molecule has 0 aliphatic heterocycles. The van der Waals surface area contributed by atoms with Gasteiger partial charge in [0, 0.05) is 18.2 Å². The third-order valence-electron chi connectivity index (χ3n) is 4.46. The minimum absolute atomic E-state index is 0.210. The number of ether oxygens (including phenoxy) is 1. The van der Waals surface area contributed by atoms with Gasteiger partial charge in [-0.15, -0.1) is 0 Å². The predicted octanol–water partition coefficient (Wildman–Crippen LogP) is 3.36. The van der Waals surface area contributed by atoms with Crippen LogP contribution in [-0.4, -0.2) is 24.2 Å². The second-order valence-corrected chi connectivity index (χ2v) is 5.80. The summed E-state index contributed by atoms with van der Waals surface area (Å²) in [6, 6.07) is 6.65. The van der Waals surface area contributed by atoms with Crippen LogP contribution in [0.25, 0.3) is 0 Å². The summed E-state index contributed by atoms with van der Waals surface area (Å²) in [5.41, 5.74) is 5.13. The highest BCUT2D eigenvalue weighted by Gasteiger charge is 2.19. The Bertz CT molecular complexity index is 608. The van der Waals surface area contributed by atoms with Crippen LogP contribution in [0, 0.1) is 0 Å². The molecule has 0 N–H and O–H groups in total. The first-order chi connectivity index (χ1) is 10.2. The Morgan fingerprint density at radius 2 is 2.10 bits per heavy atom. The van der Waals surface area contributed by atoms with E-state index in [1.54, 1.807) is 13.4 Å². The lowest BCUT2D eigenvalue weighted by Gasteiger charge is -2.24. The van der Waals surface area contributed by atoms with Crippen molar-refractivity contribution in [2.45, 2.75) is 38.8 Å². The smallest absolute Gasteiger partial charge is 0.124 e. The fourth-order valence-electron chi connectivity index (χ4n) is 3.03. The molecule has 0 bridgehead atoms. The van der Waals surface area contributed by atoms with Crippen molar-refractivity contribution >= 4 is 0 Å². The molecule has 1 aliphatic carbocycles. The molecule has 1 aromatic carbocycles. The van der Waals surface area contributed by atoms with Gasteiger partial charge in [0.25, 0.3) is 0 Å². The van der Waals surface area contributed by atoms with Crippen LogP contribution in [0.1, 0.15) is 41.8 Å². The highest BCUT2D eigenvalue weighted by Crippen LogP contribution is 2.31. The fourth-order valence-corrected chi connectivity index (χ4v) is 3.03. The topological polar surface area (TPSA) is 38.5 Å². The molecular formula is C17H22N2O2. The van der Waals surface area contributed by atoms with Crippen LogP contribution >= 0.6 is 0 Å². The lowest BCUT2D eigenvalue weighted by atomic mass is 10.0. The first kappa shape index (κ1) is 14.1. The Morgan fingerprint density at radius 3 is 2.76 bits per heavy atom. The average molecular weight is 286 g/mol. The number of hydrogen-bond donors (Lipinski definition) is 0. The second kappa shape index (κ2) is 5.90. The van der Waals surface area contributed by atoms with E-state index in [0.717, 1.165) is 18.0 Å². The van der Waals surface area contributed by atoms with Crippen LogP contribution < -0.4 is 4.74 Å². The van der Waals surface area contributed by atoms with Crippen molar-refractivity contribution in [2.75, 3.05) is 14.2 Å². The molecule has 0 saturated heterocycles. The summed E-state index contributed by atoms with van der Waals surface area (Å²) in [5.74, 6) is 0.995. The minimum atomic E-state index is 0.210. The zero-order chi connectivity index (χ0) is 14.8. The van der Waals surface area contributed by atoms with Gasteiger partial charge in [0.05, 0.1) is 13.2 Å². The predicted molar refractivity (Wildman–Crippen MR) is 81.4 cm³/mol. The van der Waals surface area contributed by atoms with Gasteiger partial charge in [0.15, 0.2) is 0 Å². The Hall–Kier alpha value is -1.81. The lowest BCUT2D eigenvalue weighted by molar-refractivity contribution is 0.237. The maximum Gasteiger partial charge on any atom is 0.124 e. The van der Waals surface area contributed by atoms with Crippen molar-refractivity contribution in [1.29, 1.82) is 0 Å². The zero-order valence-electron chi connectivity index (χ0n) is 12.9. The molecule has 1 aromatic heterocycles. The van der Waals surface area contributed by atoms with E-state index in [4.69, 9.17) is 9.26 Å². The van der Waals surface area contributed by atoms with Gasteiger partial charge in [-0.2, -0.15) is 0 Å². The van der Waals surface area contributed by atoms with E-state index in [2.05, 4.69) is 36.2 Å². The van der Waals surface area contributed by atoms with E-state index < -0.39 is 0 Å². The van der Waals surface area contributed by atoms with Crippen LogP contribution in [0.4, 0.5) is 0 Å². The van der Waals surface area contributed by atoms with E-state index >= 15 is 0 Å². The zero-order valence-corrected chi connectivity index (χ0v) is 12.9. The van der Waals surface area contributed by atoms with E-state index in [1.807, 2.05) is 6.07 Å². The normalized spacial score (nSPS) is 15.2. The summed E-state index contributed by atoms with van der Waals surface area (Å²) in [7, 11) is 3.85. The Balaban J connectivity index is 1.81. The number of methoxy groups -OCH3 is 1. The van der Waals surface area contributed by atoms with Gasteiger partial charge in [-0.05, 0) is 50.4 Å². The molecule has 0 fully saturated rings. The Labute approximate surface area is 125 Å². The van der Waals surface area contributed by atoms with Gasteiger partial charge < -0.3 is 9.26 Å². The summed E-state index contributed by atoms with van der Waals surface area (Å²) < 4.78 is 10.5. The van der Waals surface area contributed by atoms with Crippen molar-refractivity contribution in [1.82, 2.24) is 10.1 Å². The second-order valence-electron chi connectivity index (χ2n) is 5.80. The number of benzene rings is 1. The average Bonchev–Trinajstić information content (AvgIpc) is 3.16. The Morgan fingerprint density at radius 1 is 1.33 bits per heavy atom. The summed E-state index contributed by atoms with van der Waals surface area (Å²) in [6.45, 7) is 2.97. The van der Waals surface area contributed by atoms with Crippen molar-refractivity contribution < 1.29 is 9.26 Å². The fraction of sp³-hybridized carbons (Fsp3) is 0.471. The standard InChI is InChI=1S/C17H22N2O2/c1-12(16-7-8-21-18-16)19(2)11-15-9-13-5-4-6-14(13)10-17(15)20-3/h7-10,12H,4-6,11H2,1-3H3/t12-/m1/s1. The molecular weight excluding hydrogens is 264 g/mol. The molecule has 0 unspecified atom stereocenters. The molecule has 112 valence electrons. The van der Waals surface area contributed by atoms with Gasteiger partial charge in [-0.25, -0.2) is 0 Å². The molecule has 0 saturated carbocycles. The quantitative estimate of drug-likeness (QED) is 0.844. The third kappa shape index (κ3) is 2.81. The SMILES string of the molecule is COc1cc2c(cc1CN(C)[C@H](C)c1ccon1)CCC2. The molecule has 4 heteroatoms. The lowest BCUT2D eigenvalue weighted by Crippen LogP contribution is -2.22. The van der Waals surface area contributed by atoms with Crippen LogP contribution in [0.15, 0.2) is 29.0 Å². The van der Waals surface area contributed by atoms with Gasteiger partial charge in [0.2, 0.25) is 0 Å². The Kier molecular flexibility index (Phi) is 3.97. The summed E-state index contributed by atoms with van der Waals surface area (Å²) in [5, 5.41) is 4.03. The first-order valence-corrected chi connectivity index (χ1v) is 7.48. The summed E-state index contributed by atoms with van der Waals surface area (Å²) in [6.07, 6.45) is 5.24. The molecule has 0 radical (unpaired) electrons. The maximum atomic E-state index is 5.58. The first-order valence-electron chi connectivity index (χ1n) is 7.48. The van der Waals surface area contributed by atoms with Crippen LogP contribution in [0.5, 0.6) is 5.75 Å². The highest BCUT2D eigenvalue weighted by molar-refractivity contribution is 5.44. The number of aryl methyl sites for hydroxylation is 2. The van der Waals surface area contributed by atoms with Crippen molar-refractivity contribution in [3.05, 3.63) is 46.8 Å². The molecule has 21 heavy (non-hydrogen) atoms. The van der Waals surface area contributed by atoms with Gasteiger partial charge >= 0.3 is 0 Å². The third-order valence-corrected chi connectivity index (χ3v) is 4.46. The largest absolute Gasteiger partial charge is 0.496 e. The van der Waals surface area contributed by atoms with Gasteiger partial charge in [0.1, 0.15) is 17.7 Å². The molecule has 1 aliphatic rings. The highest BCUT2D eigenvalue weighted by atomic mass is 16.5. The molecule has 2 aromatic rings. The minimum Gasteiger partial charge on any atom is -0.496 e. The van der Waals surface area contributed by atoms with E-state index in [0.29, 0.717) is 0 Å². The van der Waals surface area contributed by atoms with E-state index in [1.165, 1.54) is 36.0 Å². The monoisotopic (exact) mass is 286 g/mol. The van der Waals surface area contributed by atoms with Crippen molar-refractivity contribution in [3.8, 4) is 5.75 Å². The van der Waals surface area contributed by atoms with Gasteiger partial charge in [-0.3, -0.25) is 4.90 Å². The summed E-state index contributed by atoms with van der Waals surface area (Å²) >= 11 is 0. The maximum absolute atomic E-state index is 5.58. The van der Waals surface area contributed by atoms with Crippen LogP contribution in [-0.2, 0) is 19.4 Å². The van der Waals surface area contributed by atoms with Crippen LogP contribution in [0.2, 0.25) is 0 Å².